The van der Waals surface area contributed by atoms with Crippen molar-refractivity contribution in [2.24, 2.45) is 0 Å². The lowest BCUT2D eigenvalue weighted by atomic mass is 10.0. The lowest BCUT2D eigenvalue weighted by Crippen LogP contribution is -2.52. The van der Waals surface area contributed by atoms with Crippen LogP contribution in [0.4, 0.5) is 13.2 Å². The topological polar surface area (TPSA) is 35.1 Å². The first-order valence-corrected chi connectivity index (χ1v) is 7.86. The molecule has 0 spiro atoms. The number of alkyl halides is 3. The van der Waals surface area contributed by atoms with Crippen molar-refractivity contribution in [1.82, 2.24) is 4.72 Å². The number of hydrogen-bond donors (Lipinski definition) is 1. The molecule has 0 fully saturated rings. The van der Waals surface area contributed by atoms with Gasteiger partial charge in [0.2, 0.25) is 0 Å². The van der Waals surface area contributed by atoms with Crippen molar-refractivity contribution in [3.8, 4) is 0 Å². The van der Waals surface area contributed by atoms with Crippen molar-refractivity contribution >= 4 is 27.3 Å². The Morgan fingerprint density at radius 1 is 1.30 bits per heavy atom. The number of rotatable bonds is 4. The monoisotopic (exact) mass is 371 g/mol. The summed E-state index contributed by atoms with van der Waals surface area (Å²) in [5, 5.41) is 0. The Morgan fingerprint density at radius 3 is 2.25 bits per heavy atom. The van der Waals surface area contributed by atoms with Gasteiger partial charge in [-0.1, -0.05) is 32.8 Å². The molecule has 2 atom stereocenters. The summed E-state index contributed by atoms with van der Waals surface area (Å²) in [5.41, 5.74) is 0.374. The maximum absolute atomic E-state index is 14.7. The summed E-state index contributed by atoms with van der Waals surface area (Å²) >= 11 is 1.27. The molecule has 0 amide bonds. The van der Waals surface area contributed by atoms with Crippen LogP contribution in [0.3, 0.4) is 0 Å². The highest BCUT2D eigenvalue weighted by Gasteiger charge is 2.48. The summed E-state index contributed by atoms with van der Waals surface area (Å²) in [7, 11) is 0. The molecule has 0 saturated carbocycles. The van der Waals surface area contributed by atoms with E-state index >= 15 is 0 Å². The normalized spacial score (nSPS) is 17.1. The van der Waals surface area contributed by atoms with E-state index in [0.29, 0.717) is 10.0 Å². The fourth-order valence-electron chi connectivity index (χ4n) is 1.39. The predicted molar refractivity (Wildman–Crippen MR) is 78.7 cm³/mol. The molecule has 1 N–H and O–H groups in total. The van der Waals surface area contributed by atoms with Crippen molar-refractivity contribution in [1.29, 1.82) is 0 Å². The fourth-order valence-corrected chi connectivity index (χ4v) is 2.42. The van der Waals surface area contributed by atoms with Crippen molar-refractivity contribution in [2.75, 3.05) is 0 Å². The maximum Gasteiger partial charge on any atom is 0.293 e. The standard InChI is InChI=1S/C13H17BrF3NOS/c1-8-7-9(5-6-10(8)14)13(17,11(15)16)18-20(19)12(2,3)4/h5-7,11,18H,1-4H3. The highest BCUT2D eigenvalue weighted by molar-refractivity contribution is 9.10. The van der Waals surface area contributed by atoms with E-state index < -0.39 is 28.3 Å². The Hall–Kier alpha value is -0.240. The average Bonchev–Trinajstić information content (AvgIpc) is 2.30. The molecule has 0 aromatic heterocycles. The molecule has 0 bridgehead atoms. The summed E-state index contributed by atoms with van der Waals surface area (Å²) in [5.74, 6) is -3.15. The Bertz CT molecular complexity index is 481. The minimum atomic E-state index is -3.34. The molecular weight excluding hydrogens is 355 g/mol. The zero-order valence-electron chi connectivity index (χ0n) is 11.6. The minimum absolute atomic E-state index is 0.245. The molecule has 0 heterocycles. The van der Waals surface area contributed by atoms with Gasteiger partial charge in [0.15, 0.2) is 0 Å². The SMILES string of the molecule is Cc1cc(C(F)(N[S+]([O-])C(C)(C)C)C(F)F)ccc1Br. The van der Waals surface area contributed by atoms with Crippen LogP contribution in [0.5, 0.6) is 0 Å². The molecule has 2 nitrogen and oxygen atoms in total. The lowest BCUT2D eigenvalue weighted by Gasteiger charge is -2.31. The maximum atomic E-state index is 14.7. The van der Waals surface area contributed by atoms with E-state index in [0.717, 1.165) is 0 Å². The highest BCUT2D eigenvalue weighted by Crippen LogP contribution is 2.34. The first-order valence-electron chi connectivity index (χ1n) is 5.92. The van der Waals surface area contributed by atoms with Crippen LogP contribution >= 0.6 is 15.9 Å². The van der Waals surface area contributed by atoms with Crippen molar-refractivity contribution in [2.45, 2.75) is 44.7 Å². The van der Waals surface area contributed by atoms with Gasteiger partial charge in [-0.05, 0) is 39.3 Å². The molecule has 0 saturated heterocycles. The zero-order valence-corrected chi connectivity index (χ0v) is 14.0. The first kappa shape index (κ1) is 17.8. The average molecular weight is 372 g/mol. The van der Waals surface area contributed by atoms with E-state index in [9.17, 15) is 17.7 Å². The summed E-state index contributed by atoms with van der Waals surface area (Å²) in [6.45, 7) is 6.40. The molecule has 0 radical (unpaired) electrons. The third-order valence-electron chi connectivity index (χ3n) is 2.68. The number of nitrogens with one attached hydrogen (secondary N) is 1. The van der Waals surface area contributed by atoms with Gasteiger partial charge in [0, 0.05) is 21.4 Å². The molecule has 0 aliphatic rings. The van der Waals surface area contributed by atoms with Crippen molar-refractivity contribution < 1.29 is 17.7 Å². The van der Waals surface area contributed by atoms with E-state index in [-0.39, 0.29) is 5.56 Å². The van der Waals surface area contributed by atoms with Crippen LogP contribution in [0, 0.1) is 6.92 Å². The second kappa shape index (κ2) is 6.25. The lowest BCUT2D eigenvalue weighted by molar-refractivity contribution is -0.0477. The third-order valence-corrected chi connectivity index (χ3v) is 5.16. The van der Waals surface area contributed by atoms with Gasteiger partial charge in [0.1, 0.15) is 4.75 Å². The van der Waals surface area contributed by atoms with E-state index in [1.165, 1.54) is 18.2 Å². The van der Waals surface area contributed by atoms with Gasteiger partial charge < -0.3 is 4.55 Å². The van der Waals surface area contributed by atoms with Crippen LogP contribution in [-0.2, 0) is 17.2 Å². The summed E-state index contributed by atoms with van der Waals surface area (Å²) < 4.78 is 54.7. The van der Waals surface area contributed by atoms with Gasteiger partial charge in [0.25, 0.3) is 12.2 Å². The predicted octanol–water partition coefficient (Wildman–Crippen LogP) is 4.20. The van der Waals surface area contributed by atoms with Crippen LogP contribution in [-0.4, -0.2) is 15.7 Å². The van der Waals surface area contributed by atoms with Gasteiger partial charge in [-0.25, -0.2) is 13.2 Å². The molecule has 0 aliphatic carbocycles. The van der Waals surface area contributed by atoms with E-state index in [4.69, 9.17) is 0 Å². The molecular formula is C13H17BrF3NOS. The molecule has 0 aliphatic heterocycles. The molecule has 114 valence electrons. The minimum Gasteiger partial charge on any atom is -0.598 e. The van der Waals surface area contributed by atoms with Crippen LogP contribution < -0.4 is 4.72 Å². The van der Waals surface area contributed by atoms with Crippen molar-refractivity contribution in [3.05, 3.63) is 33.8 Å². The molecule has 1 aromatic carbocycles. The van der Waals surface area contributed by atoms with E-state index in [1.54, 1.807) is 27.7 Å². The number of benzene rings is 1. The van der Waals surface area contributed by atoms with Crippen LogP contribution in [0.15, 0.2) is 22.7 Å². The molecule has 7 heteroatoms. The summed E-state index contributed by atoms with van der Waals surface area (Å²) in [4.78, 5) is 0. The number of aryl methyl sites for hydroxylation is 1. The van der Waals surface area contributed by atoms with Crippen LogP contribution in [0.1, 0.15) is 31.9 Å². The Balaban J connectivity index is 3.18. The van der Waals surface area contributed by atoms with Crippen LogP contribution in [0.2, 0.25) is 0 Å². The molecule has 1 rings (SSSR count). The highest BCUT2D eigenvalue weighted by atomic mass is 79.9. The Labute approximate surface area is 128 Å². The van der Waals surface area contributed by atoms with Gasteiger partial charge in [0.05, 0.1) is 0 Å². The van der Waals surface area contributed by atoms with Gasteiger partial charge in [-0.2, -0.15) is 0 Å². The number of hydrogen-bond acceptors (Lipinski definition) is 2. The smallest absolute Gasteiger partial charge is 0.293 e. The largest absolute Gasteiger partial charge is 0.598 e. The van der Waals surface area contributed by atoms with Crippen molar-refractivity contribution in [3.63, 3.8) is 0 Å². The van der Waals surface area contributed by atoms with E-state index in [2.05, 4.69) is 15.9 Å². The van der Waals surface area contributed by atoms with Gasteiger partial charge >= 0.3 is 0 Å². The second-order valence-electron chi connectivity index (χ2n) is 5.46. The summed E-state index contributed by atoms with van der Waals surface area (Å²) in [6.07, 6.45) is -3.34. The molecule has 2 unspecified atom stereocenters. The second-order valence-corrected chi connectivity index (χ2v) is 8.28. The molecule has 20 heavy (non-hydrogen) atoms. The Kier molecular flexibility index (Phi) is 5.57. The summed E-state index contributed by atoms with van der Waals surface area (Å²) in [6, 6.07) is 4.04. The Morgan fingerprint density at radius 2 is 1.85 bits per heavy atom. The van der Waals surface area contributed by atoms with Gasteiger partial charge in [-0.15, -0.1) is 0 Å². The quantitative estimate of drug-likeness (QED) is 0.635. The zero-order chi connectivity index (χ0) is 15.7. The first-order chi connectivity index (χ1) is 8.98. The third kappa shape index (κ3) is 3.90. The van der Waals surface area contributed by atoms with E-state index in [1.807, 2.05) is 4.72 Å². The number of halogens is 4. The molecule has 1 aromatic rings. The fraction of sp³-hybridized carbons (Fsp3) is 0.538. The van der Waals surface area contributed by atoms with Crippen LogP contribution in [0.25, 0.3) is 0 Å². The van der Waals surface area contributed by atoms with Gasteiger partial charge in [-0.3, -0.25) is 0 Å².